The number of rotatable bonds is 6. The van der Waals surface area contributed by atoms with E-state index in [0.29, 0.717) is 11.8 Å². The van der Waals surface area contributed by atoms with Gasteiger partial charge in [0, 0.05) is 0 Å². The molecule has 0 spiro atoms. The predicted octanol–water partition coefficient (Wildman–Crippen LogP) is 6.18. The minimum atomic E-state index is 0.639. The molecule has 1 aliphatic carbocycles. The Labute approximate surface area is 151 Å². The minimum absolute atomic E-state index is 0.639. The van der Waals surface area contributed by atoms with Gasteiger partial charge in [-0.25, -0.2) is 0 Å². The maximum absolute atomic E-state index is 8.92. The highest BCUT2D eigenvalue weighted by atomic mass is 16.5. The molecule has 1 saturated carbocycles. The highest BCUT2D eigenvalue weighted by molar-refractivity contribution is 5.34. The molecular weight excluding hydrogens is 306 g/mol. The molecule has 2 aromatic carbocycles. The summed E-state index contributed by atoms with van der Waals surface area (Å²) in [6, 6.07) is 19.1. The highest BCUT2D eigenvalue weighted by Gasteiger charge is 2.23. The van der Waals surface area contributed by atoms with Crippen LogP contribution in [0.4, 0.5) is 0 Å². The Hall–Kier alpha value is -2.27. The molecule has 2 aromatic rings. The van der Waals surface area contributed by atoms with Crippen molar-refractivity contribution in [2.24, 2.45) is 0 Å². The largest absolute Gasteiger partial charge is 0.494 e. The third-order valence-electron chi connectivity index (χ3n) is 5.36. The molecule has 0 bridgehead atoms. The predicted molar refractivity (Wildman–Crippen MR) is 102 cm³/mol. The first-order chi connectivity index (χ1) is 12.3. The first-order valence-corrected chi connectivity index (χ1v) is 9.53. The molecule has 0 radical (unpaired) electrons. The summed E-state index contributed by atoms with van der Waals surface area (Å²) in [4.78, 5) is 0. The number of hydrogen-bond donors (Lipinski definition) is 0. The number of hydrogen-bond acceptors (Lipinski definition) is 2. The zero-order chi connectivity index (χ0) is 17.5. The van der Waals surface area contributed by atoms with E-state index in [4.69, 9.17) is 10.00 Å². The van der Waals surface area contributed by atoms with E-state index in [2.05, 4.69) is 49.4 Å². The molecule has 2 heteroatoms. The van der Waals surface area contributed by atoms with Gasteiger partial charge in [-0.2, -0.15) is 5.26 Å². The smallest absolute Gasteiger partial charge is 0.119 e. The van der Waals surface area contributed by atoms with E-state index >= 15 is 0 Å². The lowest BCUT2D eigenvalue weighted by Gasteiger charge is -2.29. The molecule has 0 N–H and O–H groups in total. The Morgan fingerprint density at radius 2 is 1.40 bits per heavy atom. The molecule has 2 nitrogen and oxygen atoms in total. The van der Waals surface area contributed by atoms with Gasteiger partial charge in [0.1, 0.15) is 5.75 Å². The summed E-state index contributed by atoms with van der Waals surface area (Å²) in [6.45, 7) is 2.99. The summed E-state index contributed by atoms with van der Waals surface area (Å²) >= 11 is 0. The fourth-order valence-electron chi connectivity index (χ4n) is 3.76. The van der Waals surface area contributed by atoms with Crippen molar-refractivity contribution in [1.82, 2.24) is 0 Å². The summed E-state index contributed by atoms with van der Waals surface area (Å²) in [6.07, 6.45) is 7.21. The van der Waals surface area contributed by atoms with E-state index in [1.165, 1.54) is 43.2 Å². The van der Waals surface area contributed by atoms with Crippen molar-refractivity contribution in [3.05, 3.63) is 65.2 Å². The SMILES string of the molecule is CCCCOc1ccc(C2CCC(c3ccc(C#N)cc3)CC2)cc1. The second kappa shape index (κ2) is 8.72. The second-order valence-corrected chi connectivity index (χ2v) is 7.05. The Bertz CT molecular complexity index is 688. The molecule has 25 heavy (non-hydrogen) atoms. The fraction of sp³-hybridized carbons (Fsp3) is 0.435. The van der Waals surface area contributed by atoms with Gasteiger partial charge in [0.25, 0.3) is 0 Å². The van der Waals surface area contributed by atoms with Gasteiger partial charge in [-0.1, -0.05) is 37.6 Å². The zero-order valence-electron chi connectivity index (χ0n) is 15.1. The van der Waals surface area contributed by atoms with E-state index in [-0.39, 0.29) is 0 Å². The first-order valence-electron chi connectivity index (χ1n) is 9.53. The molecule has 3 rings (SSSR count). The lowest BCUT2D eigenvalue weighted by molar-refractivity contribution is 0.309. The number of ether oxygens (including phenoxy) is 1. The van der Waals surface area contributed by atoms with Crippen molar-refractivity contribution < 1.29 is 4.74 Å². The van der Waals surface area contributed by atoms with Crippen molar-refractivity contribution in [2.45, 2.75) is 57.3 Å². The Morgan fingerprint density at radius 3 is 1.88 bits per heavy atom. The standard InChI is InChI=1S/C23H27NO/c1-2-3-16-25-23-14-12-22(13-15-23)21-10-8-20(9-11-21)19-6-4-18(17-24)5-7-19/h4-7,12-15,20-21H,2-3,8-11,16H2,1H3. The van der Waals surface area contributed by atoms with Crippen LogP contribution in [-0.4, -0.2) is 6.61 Å². The lowest BCUT2D eigenvalue weighted by Crippen LogP contribution is -2.12. The summed E-state index contributed by atoms with van der Waals surface area (Å²) < 4.78 is 5.76. The maximum atomic E-state index is 8.92. The molecule has 1 fully saturated rings. The van der Waals surface area contributed by atoms with Gasteiger partial charge in [-0.3, -0.25) is 0 Å². The van der Waals surface area contributed by atoms with Crippen LogP contribution in [0.1, 0.15) is 74.0 Å². The number of nitrogens with zero attached hydrogens (tertiary/aromatic N) is 1. The summed E-state index contributed by atoms with van der Waals surface area (Å²) in [5.74, 6) is 2.29. The molecule has 130 valence electrons. The van der Waals surface area contributed by atoms with Gasteiger partial charge in [0.15, 0.2) is 0 Å². The van der Waals surface area contributed by atoms with Gasteiger partial charge in [-0.05, 0) is 79.3 Å². The van der Waals surface area contributed by atoms with Gasteiger partial charge >= 0.3 is 0 Å². The Morgan fingerprint density at radius 1 is 0.880 bits per heavy atom. The van der Waals surface area contributed by atoms with Crippen LogP contribution in [-0.2, 0) is 0 Å². The van der Waals surface area contributed by atoms with E-state index in [1.807, 2.05) is 12.1 Å². The molecule has 1 aliphatic rings. The third kappa shape index (κ3) is 4.63. The second-order valence-electron chi connectivity index (χ2n) is 7.05. The van der Waals surface area contributed by atoms with E-state index in [1.54, 1.807) is 0 Å². The number of benzene rings is 2. The van der Waals surface area contributed by atoms with E-state index in [0.717, 1.165) is 24.3 Å². The molecule has 0 saturated heterocycles. The monoisotopic (exact) mass is 333 g/mol. The van der Waals surface area contributed by atoms with Crippen LogP contribution >= 0.6 is 0 Å². The number of unbranched alkanes of at least 4 members (excludes halogenated alkanes) is 1. The first kappa shape index (κ1) is 17.5. The molecule has 0 unspecified atom stereocenters. The van der Waals surface area contributed by atoms with Crippen LogP contribution in [0.3, 0.4) is 0 Å². The van der Waals surface area contributed by atoms with Crippen LogP contribution in [0, 0.1) is 11.3 Å². The number of nitriles is 1. The topological polar surface area (TPSA) is 33.0 Å². The van der Waals surface area contributed by atoms with Gasteiger partial charge in [-0.15, -0.1) is 0 Å². The summed E-state index contributed by atoms with van der Waals surface area (Å²) in [5, 5.41) is 8.92. The van der Waals surface area contributed by atoms with Crippen molar-refractivity contribution in [3.63, 3.8) is 0 Å². The average molecular weight is 333 g/mol. The van der Waals surface area contributed by atoms with Crippen molar-refractivity contribution in [1.29, 1.82) is 5.26 Å². The Kier molecular flexibility index (Phi) is 6.12. The minimum Gasteiger partial charge on any atom is -0.494 e. The van der Waals surface area contributed by atoms with Crippen LogP contribution in [0.2, 0.25) is 0 Å². The third-order valence-corrected chi connectivity index (χ3v) is 5.36. The van der Waals surface area contributed by atoms with Crippen molar-refractivity contribution >= 4 is 0 Å². The van der Waals surface area contributed by atoms with Crippen molar-refractivity contribution in [2.75, 3.05) is 6.61 Å². The highest BCUT2D eigenvalue weighted by Crippen LogP contribution is 2.40. The van der Waals surface area contributed by atoms with Crippen LogP contribution in [0.5, 0.6) is 5.75 Å². The lowest BCUT2D eigenvalue weighted by atomic mass is 9.76. The molecule has 0 aliphatic heterocycles. The maximum Gasteiger partial charge on any atom is 0.119 e. The average Bonchev–Trinajstić information content (AvgIpc) is 2.69. The summed E-state index contributed by atoms with van der Waals surface area (Å²) in [5.41, 5.74) is 3.58. The normalized spacial score (nSPS) is 20.0. The van der Waals surface area contributed by atoms with E-state index < -0.39 is 0 Å². The molecular formula is C23H27NO. The Balaban J connectivity index is 1.53. The quantitative estimate of drug-likeness (QED) is 0.591. The van der Waals surface area contributed by atoms with Gasteiger partial charge in [0.2, 0.25) is 0 Å². The van der Waals surface area contributed by atoms with Crippen LogP contribution < -0.4 is 4.74 Å². The summed E-state index contributed by atoms with van der Waals surface area (Å²) in [7, 11) is 0. The molecule has 0 aromatic heterocycles. The fourth-order valence-corrected chi connectivity index (χ4v) is 3.76. The zero-order valence-corrected chi connectivity index (χ0v) is 15.1. The molecule has 0 amide bonds. The molecule has 0 atom stereocenters. The van der Waals surface area contributed by atoms with E-state index in [9.17, 15) is 0 Å². The molecule has 0 heterocycles. The van der Waals surface area contributed by atoms with Crippen LogP contribution in [0.15, 0.2) is 48.5 Å². The van der Waals surface area contributed by atoms with Crippen LogP contribution in [0.25, 0.3) is 0 Å². The van der Waals surface area contributed by atoms with Crippen molar-refractivity contribution in [3.8, 4) is 11.8 Å². The van der Waals surface area contributed by atoms with Gasteiger partial charge < -0.3 is 4.74 Å². The van der Waals surface area contributed by atoms with Gasteiger partial charge in [0.05, 0.1) is 18.2 Å².